The summed E-state index contributed by atoms with van der Waals surface area (Å²) in [6.45, 7) is 7.06. The molecule has 0 aliphatic heterocycles. The molecule has 0 bridgehead atoms. The topological polar surface area (TPSA) is 43.8 Å². The molecule has 2 aromatic rings. The van der Waals surface area contributed by atoms with Gasteiger partial charge in [-0.3, -0.25) is 0 Å². The van der Waals surface area contributed by atoms with Gasteiger partial charge in [-0.15, -0.1) is 0 Å². The second-order valence-electron chi connectivity index (χ2n) is 5.24. The van der Waals surface area contributed by atoms with Crippen LogP contribution in [0.4, 0.5) is 0 Å². The largest absolute Gasteiger partial charge is 0.326 e. The zero-order chi connectivity index (χ0) is 12.5. The Morgan fingerprint density at radius 1 is 1.29 bits per heavy atom. The summed E-state index contributed by atoms with van der Waals surface area (Å²) >= 11 is 0. The summed E-state index contributed by atoms with van der Waals surface area (Å²) < 4.78 is 2.12. The van der Waals surface area contributed by atoms with Crippen LogP contribution < -0.4 is 5.73 Å². The van der Waals surface area contributed by atoms with E-state index >= 15 is 0 Å². The third-order valence-electron chi connectivity index (χ3n) is 2.74. The molecule has 90 valence electrons. The van der Waals surface area contributed by atoms with Crippen LogP contribution >= 0.6 is 0 Å². The lowest BCUT2D eigenvalue weighted by Gasteiger charge is -2.20. The van der Waals surface area contributed by atoms with Gasteiger partial charge in [-0.05, 0) is 17.7 Å². The Labute approximate surface area is 102 Å². The van der Waals surface area contributed by atoms with Crippen LogP contribution in [0.1, 0.15) is 32.2 Å². The van der Waals surface area contributed by atoms with Gasteiger partial charge in [0.1, 0.15) is 5.82 Å². The highest BCUT2D eigenvalue weighted by Crippen LogP contribution is 2.23. The van der Waals surface area contributed by atoms with Gasteiger partial charge in [-0.2, -0.15) is 0 Å². The fourth-order valence-corrected chi connectivity index (χ4v) is 1.90. The van der Waals surface area contributed by atoms with Crippen LogP contribution in [0, 0.1) is 0 Å². The van der Waals surface area contributed by atoms with Crippen molar-refractivity contribution < 1.29 is 0 Å². The quantitative estimate of drug-likeness (QED) is 0.860. The normalized spacial score (nSPS) is 11.8. The first-order valence-corrected chi connectivity index (χ1v) is 5.85. The van der Waals surface area contributed by atoms with Crippen molar-refractivity contribution in [3.8, 4) is 5.69 Å². The molecule has 3 nitrogen and oxygen atoms in total. The number of benzene rings is 1. The molecule has 0 saturated heterocycles. The number of rotatable bonds is 2. The predicted molar refractivity (Wildman–Crippen MR) is 70.2 cm³/mol. The minimum absolute atomic E-state index is 0.0300. The van der Waals surface area contributed by atoms with Crippen LogP contribution in [0.2, 0.25) is 0 Å². The molecule has 0 aliphatic rings. The van der Waals surface area contributed by atoms with Crippen LogP contribution in [-0.4, -0.2) is 9.55 Å². The van der Waals surface area contributed by atoms with E-state index in [9.17, 15) is 0 Å². The minimum Gasteiger partial charge on any atom is -0.326 e. The van der Waals surface area contributed by atoms with Crippen LogP contribution in [-0.2, 0) is 12.0 Å². The van der Waals surface area contributed by atoms with Crippen molar-refractivity contribution in [2.45, 2.75) is 32.7 Å². The molecular weight excluding hydrogens is 210 g/mol. The number of hydrogen-bond donors (Lipinski definition) is 1. The van der Waals surface area contributed by atoms with Crippen LogP contribution in [0.25, 0.3) is 5.69 Å². The molecule has 0 aliphatic carbocycles. The molecule has 0 radical (unpaired) electrons. The molecule has 3 heteroatoms. The van der Waals surface area contributed by atoms with Crippen molar-refractivity contribution in [3.05, 3.63) is 48.0 Å². The molecule has 2 N–H and O–H groups in total. The van der Waals surface area contributed by atoms with E-state index in [1.165, 1.54) is 0 Å². The lowest BCUT2D eigenvalue weighted by atomic mass is 9.95. The van der Waals surface area contributed by atoms with Crippen molar-refractivity contribution in [2.24, 2.45) is 5.73 Å². The molecule has 0 amide bonds. The zero-order valence-electron chi connectivity index (χ0n) is 10.6. The van der Waals surface area contributed by atoms with Gasteiger partial charge in [-0.1, -0.05) is 32.9 Å². The highest BCUT2D eigenvalue weighted by molar-refractivity contribution is 5.38. The van der Waals surface area contributed by atoms with Gasteiger partial charge in [0.25, 0.3) is 0 Å². The summed E-state index contributed by atoms with van der Waals surface area (Å²) in [5, 5.41) is 0. The summed E-state index contributed by atoms with van der Waals surface area (Å²) in [5.41, 5.74) is 7.96. The highest BCUT2D eigenvalue weighted by atomic mass is 15.1. The number of hydrogen-bond acceptors (Lipinski definition) is 2. The summed E-state index contributed by atoms with van der Waals surface area (Å²) in [6.07, 6.45) is 3.84. The molecule has 1 aromatic carbocycles. The van der Waals surface area contributed by atoms with E-state index in [4.69, 9.17) is 5.73 Å². The second kappa shape index (κ2) is 4.34. The van der Waals surface area contributed by atoms with E-state index in [2.05, 4.69) is 42.5 Å². The van der Waals surface area contributed by atoms with Gasteiger partial charge in [0.05, 0.1) is 0 Å². The van der Waals surface area contributed by atoms with Crippen molar-refractivity contribution in [1.82, 2.24) is 9.55 Å². The first-order valence-electron chi connectivity index (χ1n) is 5.85. The molecule has 0 spiro atoms. The Morgan fingerprint density at radius 2 is 2.06 bits per heavy atom. The molecule has 17 heavy (non-hydrogen) atoms. The molecule has 1 aromatic heterocycles. The van der Waals surface area contributed by atoms with E-state index in [1.807, 2.05) is 24.5 Å². The van der Waals surface area contributed by atoms with Gasteiger partial charge < -0.3 is 10.3 Å². The molecule has 0 fully saturated rings. The second-order valence-corrected chi connectivity index (χ2v) is 5.24. The molecule has 1 heterocycles. The van der Waals surface area contributed by atoms with Gasteiger partial charge in [0.15, 0.2) is 0 Å². The van der Waals surface area contributed by atoms with E-state index in [-0.39, 0.29) is 5.41 Å². The van der Waals surface area contributed by atoms with E-state index in [1.54, 1.807) is 0 Å². The SMILES string of the molecule is CC(C)(C)c1nccn1-c1cccc(CN)c1. The first kappa shape index (κ1) is 11.9. The maximum atomic E-state index is 5.67. The molecular formula is C14H19N3. The summed E-state index contributed by atoms with van der Waals surface area (Å²) in [7, 11) is 0. The molecule has 0 atom stereocenters. The minimum atomic E-state index is 0.0300. The lowest BCUT2D eigenvalue weighted by molar-refractivity contribution is 0.536. The summed E-state index contributed by atoms with van der Waals surface area (Å²) in [6, 6.07) is 8.26. The maximum absolute atomic E-state index is 5.67. The third-order valence-corrected chi connectivity index (χ3v) is 2.74. The standard InChI is InChI=1S/C14H19N3/c1-14(2,3)13-16-7-8-17(13)12-6-4-5-11(9-12)10-15/h4-9H,10,15H2,1-3H3. The number of aromatic nitrogens is 2. The average Bonchev–Trinajstić information content (AvgIpc) is 2.77. The highest BCUT2D eigenvalue weighted by Gasteiger charge is 2.20. The van der Waals surface area contributed by atoms with Gasteiger partial charge in [0, 0.05) is 30.0 Å². The molecule has 0 saturated carbocycles. The van der Waals surface area contributed by atoms with Gasteiger partial charge in [0.2, 0.25) is 0 Å². The molecule has 2 rings (SSSR count). The van der Waals surface area contributed by atoms with Gasteiger partial charge >= 0.3 is 0 Å². The van der Waals surface area contributed by atoms with E-state index < -0.39 is 0 Å². The lowest BCUT2D eigenvalue weighted by Crippen LogP contribution is -2.18. The van der Waals surface area contributed by atoms with Crippen molar-refractivity contribution in [2.75, 3.05) is 0 Å². The smallest absolute Gasteiger partial charge is 0.118 e. The maximum Gasteiger partial charge on any atom is 0.118 e. The Hall–Kier alpha value is -1.61. The number of nitrogens with zero attached hydrogens (tertiary/aromatic N) is 2. The average molecular weight is 229 g/mol. The zero-order valence-corrected chi connectivity index (χ0v) is 10.6. The summed E-state index contributed by atoms with van der Waals surface area (Å²) in [5.74, 6) is 1.06. The van der Waals surface area contributed by atoms with Crippen molar-refractivity contribution in [1.29, 1.82) is 0 Å². The number of nitrogens with two attached hydrogens (primary N) is 1. The molecule has 0 unspecified atom stereocenters. The number of imidazole rings is 1. The Bertz CT molecular complexity index is 506. The van der Waals surface area contributed by atoms with Crippen LogP contribution in [0.3, 0.4) is 0 Å². The van der Waals surface area contributed by atoms with Crippen molar-refractivity contribution in [3.63, 3.8) is 0 Å². The Morgan fingerprint density at radius 3 is 2.71 bits per heavy atom. The third kappa shape index (κ3) is 2.39. The van der Waals surface area contributed by atoms with Crippen LogP contribution in [0.5, 0.6) is 0 Å². The summed E-state index contributed by atoms with van der Waals surface area (Å²) in [4.78, 5) is 4.45. The Balaban J connectivity index is 2.50. The van der Waals surface area contributed by atoms with Crippen molar-refractivity contribution >= 4 is 0 Å². The Kier molecular flexibility index (Phi) is 3.03. The first-order chi connectivity index (χ1) is 8.02. The monoisotopic (exact) mass is 229 g/mol. The van der Waals surface area contributed by atoms with E-state index in [0.717, 1.165) is 17.1 Å². The fourth-order valence-electron chi connectivity index (χ4n) is 1.90. The van der Waals surface area contributed by atoms with Gasteiger partial charge in [-0.25, -0.2) is 4.98 Å². The predicted octanol–water partition coefficient (Wildman–Crippen LogP) is 2.63. The van der Waals surface area contributed by atoms with Crippen LogP contribution in [0.15, 0.2) is 36.7 Å². The van der Waals surface area contributed by atoms with E-state index in [0.29, 0.717) is 6.54 Å². The fraction of sp³-hybridized carbons (Fsp3) is 0.357.